The van der Waals surface area contributed by atoms with Gasteiger partial charge < -0.3 is 10.0 Å². The Hall–Kier alpha value is -2.21. The summed E-state index contributed by atoms with van der Waals surface area (Å²) >= 11 is 0. The van der Waals surface area contributed by atoms with E-state index in [9.17, 15) is 9.59 Å². The monoisotopic (exact) mass is 273 g/mol. The molecule has 2 heterocycles. The summed E-state index contributed by atoms with van der Waals surface area (Å²) in [7, 11) is 2.01. The van der Waals surface area contributed by atoms with Crippen LogP contribution in [0.25, 0.3) is 10.9 Å². The van der Waals surface area contributed by atoms with E-state index < -0.39 is 5.97 Å². The minimum atomic E-state index is -1.04. The molecule has 0 fully saturated rings. The van der Waals surface area contributed by atoms with Gasteiger partial charge in [0.05, 0.1) is 16.5 Å². The van der Waals surface area contributed by atoms with Gasteiger partial charge in [0, 0.05) is 26.1 Å². The van der Waals surface area contributed by atoms with Gasteiger partial charge in [0.1, 0.15) is 5.82 Å². The van der Waals surface area contributed by atoms with Crippen LogP contribution in [0.15, 0.2) is 23.0 Å². The predicted molar refractivity (Wildman–Crippen MR) is 74.2 cm³/mol. The van der Waals surface area contributed by atoms with E-state index in [1.807, 2.05) is 7.05 Å². The molecule has 1 aliphatic rings. The van der Waals surface area contributed by atoms with Gasteiger partial charge in [-0.15, -0.1) is 0 Å². The van der Waals surface area contributed by atoms with Crippen molar-refractivity contribution in [1.29, 1.82) is 0 Å². The lowest BCUT2D eigenvalue weighted by molar-refractivity contribution is 0.0697. The van der Waals surface area contributed by atoms with Gasteiger partial charge in [-0.25, -0.2) is 9.78 Å². The third kappa shape index (κ3) is 2.08. The van der Waals surface area contributed by atoms with Crippen molar-refractivity contribution in [3.05, 3.63) is 39.9 Å². The zero-order chi connectivity index (χ0) is 14.3. The summed E-state index contributed by atoms with van der Waals surface area (Å²) in [5.74, 6) is -0.263. The van der Waals surface area contributed by atoms with Gasteiger partial charge in [-0.05, 0) is 25.2 Å². The minimum absolute atomic E-state index is 0.114. The van der Waals surface area contributed by atoms with Crippen LogP contribution < -0.4 is 5.56 Å². The molecular formula is C14H15N3O3. The Morgan fingerprint density at radius 1 is 1.30 bits per heavy atom. The normalized spacial score (nSPS) is 15.8. The second kappa shape index (κ2) is 4.72. The predicted octanol–water partition coefficient (Wildman–Crippen LogP) is 0.583. The van der Waals surface area contributed by atoms with Gasteiger partial charge >= 0.3 is 5.97 Å². The Kier molecular flexibility index (Phi) is 3.02. The Morgan fingerprint density at radius 3 is 2.85 bits per heavy atom. The molecule has 6 heteroatoms. The number of rotatable bonds is 1. The zero-order valence-corrected chi connectivity index (χ0v) is 11.2. The third-order valence-corrected chi connectivity index (χ3v) is 3.70. The van der Waals surface area contributed by atoms with Crippen LogP contribution in [0.5, 0.6) is 0 Å². The van der Waals surface area contributed by atoms with Crippen LogP contribution >= 0.6 is 0 Å². The maximum Gasteiger partial charge on any atom is 0.335 e. The van der Waals surface area contributed by atoms with Gasteiger partial charge in [-0.2, -0.15) is 0 Å². The fraction of sp³-hybridized carbons (Fsp3) is 0.357. The zero-order valence-electron chi connectivity index (χ0n) is 11.2. The highest BCUT2D eigenvalue weighted by molar-refractivity contribution is 5.92. The molecule has 6 nitrogen and oxygen atoms in total. The highest BCUT2D eigenvalue weighted by Gasteiger charge is 2.16. The first-order valence-electron chi connectivity index (χ1n) is 6.51. The van der Waals surface area contributed by atoms with Gasteiger partial charge in [0.15, 0.2) is 0 Å². The van der Waals surface area contributed by atoms with Crippen molar-refractivity contribution in [1.82, 2.24) is 14.5 Å². The second-order valence-corrected chi connectivity index (χ2v) is 5.08. The smallest absolute Gasteiger partial charge is 0.335 e. The number of fused-ring (bicyclic) bond motifs is 2. The molecule has 0 atom stereocenters. The summed E-state index contributed by atoms with van der Waals surface area (Å²) in [4.78, 5) is 30.2. The average molecular weight is 273 g/mol. The van der Waals surface area contributed by atoms with Crippen LogP contribution in [0.3, 0.4) is 0 Å². The summed E-state index contributed by atoms with van der Waals surface area (Å²) in [5, 5.41) is 9.39. The lowest BCUT2D eigenvalue weighted by Gasteiger charge is -2.11. The SMILES string of the molecule is CN1CCc2nc3ccc(C(=O)O)cc3c(=O)n2CC1. The topological polar surface area (TPSA) is 75.4 Å². The Bertz CT molecular complexity index is 751. The molecule has 0 spiro atoms. The van der Waals surface area contributed by atoms with Crippen LogP contribution in [0, 0.1) is 0 Å². The van der Waals surface area contributed by atoms with E-state index in [2.05, 4.69) is 9.88 Å². The fourth-order valence-electron chi connectivity index (χ4n) is 2.49. The molecule has 1 aliphatic heterocycles. The van der Waals surface area contributed by atoms with Crippen molar-refractivity contribution in [2.75, 3.05) is 20.1 Å². The van der Waals surface area contributed by atoms with Crippen LogP contribution in [0.2, 0.25) is 0 Å². The number of carbonyl (C=O) groups is 1. The van der Waals surface area contributed by atoms with Crippen LogP contribution in [0.1, 0.15) is 16.2 Å². The molecule has 3 rings (SSSR count). The molecule has 2 aromatic rings. The molecule has 0 aliphatic carbocycles. The molecule has 104 valence electrons. The van der Waals surface area contributed by atoms with E-state index in [1.165, 1.54) is 12.1 Å². The molecule has 1 aromatic carbocycles. The molecule has 1 N–H and O–H groups in total. The second-order valence-electron chi connectivity index (χ2n) is 5.08. The Morgan fingerprint density at radius 2 is 2.10 bits per heavy atom. The summed E-state index contributed by atoms with van der Waals surface area (Å²) < 4.78 is 1.66. The highest BCUT2D eigenvalue weighted by atomic mass is 16.4. The fourth-order valence-corrected chi connectivity index (χ4v) is 2.49. The van der Waals surface area contributed by atoms with E-state index in [1.54, 1.807) is 10.6 Å². The summed E-state index contributed by atoms with van der Waals surface area (Å²) in [6.45, 7) is 2.24. The summed E-state index contributed by atoms with van der Waals surface area (Å²) in [6, 6.07) is 4.50. The van der Waals surface area contributed by atoms with E-state index in [-0.39, 0.29) is 11.1 Å². The number of carboxylic acids is 1. The quantitative estimate of drug-likeness (QED) is 0.822. The summed E-state index contributed by atoms with van der Waals surface area (Å²) in [6.07, 6.45) is 0.725. The average Bonchev–Trinajstić information content (AvgIpc) is 2.61. The molecule has 0 saturated heterocycles. The first-order valence-corrected chi connectivity index (χ1v) is 6.51. The number of hydrogen-bond donors (Lipinski definition) is 1. The van der Waals surface area contributed by atoms with Crippen molar-refractivity contribution in [2.24, 2.45) is 0 Å². The van der Waals surface area contributed by atoms with Crippen LogP contribution in [-0.4, -0.2) is 45.7 Å². The minimum Gasteiger partial charge on any atom is -0.478 e. The highest BCUT2D eigenvalue weighted by Crippen LogP contribution is 2.13. The molecule has 1 aromatic heterocycles. The number of benzene rings is 1. The third-order valence-electron chi connectivity index (χ3n) is 3.70. The van der Waals surface area contributed by atoms with Crippen LogP contribution in [0.4, 0.5) is 0 Å². The van der Waals surface area contributed by atoms with E-state index >= 15 is 0 Å². The van der Waals surface area contributed by atoms with Gasteiger partial charge in [-0.1, -0.05) is 0 Å². The maximum absolute atomic E-state index is 12.5. The van der Waals surface area contributed by atoms with Crippen molar-refractivity contribution in [2.45, 2.75) is 13.0 Å². The lowest BCUT2D eigenvalue weighted by atomic mass is 10.1. The van der Waals surface area contributed by atoms with E-state index in [0.717, 1.165) is 25.3 Å². The van der Waals surface area contributed by atoms with Crippen molar-refractivity contribution in [3.8, 4) is 0 Å². The van der Waals surface area contributed by atoms with Gasteiger partial charge in [-0.3, -0.25) is 9.36 Å². The number of carboxylic acid groups (broad SMARTS) is 1. The van der Waals surface area contributed by atoms with Crippen molar-refractivity contribution < 1.29 is 9.90 Å². The standard InChI is InChI=1S/C14H15N3O3/c1-16-5-4-12-15-11-3-2-9(14(19)20)8-10(11)13(18)17(12)7-6-16/h2-3,8H,4-7H2,1H3,(H,19,20). The first-order chi connectivity index (χ1) is 9.56. The number of hydrogen-bond acceptors (Lipinski definition) is 4. The van der Waals surface area contributed by atoms with Crippen molar-refractivity contribution in [3.63, 3.8) is 0 Å². The molecular weight excluding hydrogens is 258 g/mol. The van der Waals surface area contributed by atoms with Crippen LogP contribution in [-0.2, 0) is 13.0 Å². The Balaban J connectivity index is 2.23. The molecule has 0 amide bonds. The number of nitrogens with zero attached hydrogens (tertiary/aromatic N) is 3. The van der Waals surface area contributed by atoms with Gasteiger partial charge in [0.25, 0.3) is 5.56 Å². The number of aromatic carboxylic acids is 1. The molecule has 0 bridgehead atoms. The maximum atomic E-state index is 12.5. The molecule has 20 heavy (non-hydrogen) atoms. The lowest BCUT2D eigenvalue weighted by Crippen LogP contribution is -2.27. The molecule has 0 radical (unpaired) electrons. The summed E-state index contributed by atoms with van der Waals surface area (Å²) in [5.41, 5.74) is 0.530. The largest absolute Gasteiger partial charge is 0.478 e. The molecule has 0 unspecified atom stereocenters. The van der Waals surface area contributed by atoms with Gasteiger partial charge in [0.2, 0.25) is 0 Å². The Labute approximate surface area is 115 Å². The van der Waals surface area contributed by atoms with Crippen molar-refractivity contribution >= 4 is 16.9 Å². The van der Waals surface area contributed by atoms with E-state index in [0.29, 0.717) is 17.4 Å². The first kappa shape index (κ1) is 12.8. The number of aromatic nitrogens is 2. The number of likely N-dealkylation sites (N-methyl/N-ethyl adjacent to an activating group) is 1. The molecule has 0 saturated carbocycles. The van der Waals surface area contributed by atoms with E-state index in [4.69, 9.17) is 5.11 Å².